The fraction of sp³-hybridized carbons (Fsp3) is 0.0588. The Bertz CT molecular complexity index is 781. The van der Waals surface area contributed by atoms with Crippen molar-refractivity contribution in [1.82, 2.24) is 10.2 Å². The first-order valence-electron chi connectivity index (χ1n) is 6.79. The van der Waals surface area contributed by atoms with Crippen LogP contribution in [-0.4, -0.2) is 23.2 Å². The minimum atomic E-state index is -0.306. The zero-order chi connectivity index (χ0) is 15.5. The molecule has 1 aromatic heterocycles. The highest BCUT2D eigenvalue weighted by Crippen LogP contribution is 2.20. The van der Waals surface area contributed by atoms with E-state index in [9.17, 15) is 9.18 Å². The number of amides is 1. The molecule has 0 unspecified atom stereocenters. The minimum Gasteiger partial charge on any atom is -0.310 e. The summed E-state index contributed by atoms with van der Waals surface area (Å²) in [5.41, 5.74) is 2.53. The van der Waals surface area contributed by atoms with Crippen molar-refractivity contribution < 1.29 is 9.18 Å². The molecule has 0 bridgehead atoms. The SMILES string of the molecule is CN(C(=O)c1cc(-c2ccc(F)cc2)n[nH]1)c1ccccc1. The van der Waals surface area contributed by atoms with Gasteiger partial charge in [0.2, 0.25) is 0 Å². The van der Waals surface area contributed by atoms with Crippen molar-refractivity contribution in [2.24, 2.45) is 0 Å². The van der Waals surface area contributed by atoms with Crippen LogP contribution in [0.2, 0.25) is 0 Å². The zero-order valence-corrected chi connectivity index (χ0v) is 12.0. The van der Waals surface area contributed by atoms with Gasteiger partial charge in [-0.15, -0.1) is 0 Å². The summed E-state index contributed by atoms with van der Waals surface area (Å²) in [6, 6.07) is 17.0. The fourth-order valence-corrected chi connectivity index (χ4v) is 2.15. The molecule has 1 amide bonds. The zero-order valence-electron chi connectivity index (χ0n) is 12.0. The van der Waals surface area contributed by atoms with E-state index in [1.54, 1.807) is 30.1 Å². The number of benzene rings is 2. The van der Waals surface area contributed by atoms with E-state index < -0.39 is 0 Å². The molecule has 0 atom stereocenters. The average molecular weight is 295 g/mol. The van der Waals surface area contributed by atoms with Gasteiger partial charge in [-0.25, -0.2) is 4.39 Å². The van der Waals surface area contributed by atoms with Crippen LogP contribution < -0.4 is 4.90 Å². The van der Waals surface area contributed by atoms with E-state index in [2.05, 4.69) is 10.2 Å². The van der Waals surface area contributed by atoms with Crippen LogP contribution in [0.15, 0.2) is 60.7 Å². The molecule has 0 saturated heterocycles. The predicted molar refractivity (Wildman–Crippen MR) is 83.2 cm³/mol. The number of anilines is 1. The molecule has 1 heterocycles. The second-order valence-corrected chi connectivity index (χ2v) is 4.87. The Morgan fingerprint density at radius 1 is 1.09 bits per heavy atom. The third kappa shape index (κ3) is 2.74. The molecule has 110 valence electrons. The molecule has 0 spiro atoms. The second-order valence-electron chi connectivity index (χ2n) is 4.87. The molecule has 0 aliphatic carbocycles. The van der Waals surface area contributed by atoms with Gasteiger partial charge in [0.1, 0.15) is 11.5 Å². The Labute approximate surface area is 127 Å². The minimum absolute atomic E-state index is 0.188. The van der Waals surface area contributed by atoms with Gasteiger partial charge in [0, 0.05) is 18.3 Å². The quantitative estimate of drug-likeness (QED) is 0.804. The van der Waals surface area contributed by atoms with Crippen molar-refractivity contribution in [2.45, 2.75) is 0 Å². The van der Waals surface area contributed by atoms with Crippen LogP contribution in [0.1, 0.15) is 10.5 Å². The number of nitrogens with one attached hydrogen (secondary N) is 1. The Kier molecular flexibility index (Phi) is 3.70. The Balaban J connectivity index is 1.84. The van der Waals surface area contributed by atoms with Crippen LogP contribution in [0.25, 0.3) is 11.3 Å². The van der Waals surface area contributed by atoms with Crippen molar-refractivity contribution >= 4 is 11.6 Å². The number of hydrogen-bond acceptors (Lipinski definition) is 2. The monoisotopic (exact) mass is 295 g/mol. The number of H-pyrrole nitrogens is 1. The number of nitrogens with zero attached hydrogens (tertiary/aromatic N) is 2. The number of aromatic nitrogens is 2. The van der Waals surface area contributed by atoms with E-state index >= 15 is 0 Å². The Morgan fingerprint density at radius 3 is 2.45 bits per heavy atom. The lowest BCUT2D eigenvalue weighted by Crippen LogP contribution is -2.26. The van der Waals surface area contributed by atoms with Crippen molar-refractivity contribution in [3.05, 3.63) is 72.2 Å². The van der Waals surface area contributed by atoms with Crippen LogP contribution in [0.3, 0.4) is 0 Å². The van der Waals surface area contributed by atoms with E-state index in [0.717, 1.165) is 11.3 Å². The van der Waals surface area contributed by atoms with Crippen LogP contribution in [0.4, 0.5) is 10.1 Å². The van der Waals surface area contributed by atoms with Gasteiger partial charge in [-0.1, -0.05) is 18.2 Å². The van der Waals surface area contributed by atoms with Gasteiger partial charge in [-0.05, 0) is 42.5 Å². The van der Waals surface area contributed by atoms with Gasteiger partial charge >= 0.3 is 0 Å². The number of aromatic amines is 1. The van der Waals surface area contributed by atoms with Crippen molar-refractivity contribution in [1.29, 1.82) is 0 Å². The van der Waals surface area contributed by atoms with Gasteiger partial charge < -0.3 is 4.90 Å². The molecule has 3 rings (SSSR count). The highest BCUT2D eigenvalue weighted by Gasteiger charge is 2.16. The molecule has 3 aromatic rings. The summed E-state index contributed by atoms with van der Waals surface area (Å²) in [6.45, 7) is 0. The summed E-state index contributed by atoms with van der Waals surface area (Å²) in [5, 5.41) is 6.85. The van der Waals surface area contributed by atoms with Gasteiger partial charge in [0.05, 0.1) is 5.69 Å². The maximum atomic E-state index is 12.9. The van der Waals surface area contributed by atoms with Crippen molar-refractivity contribution in [3.8, 4) is 11.3 Å². The summed E-state index contributed by atoms with van der Waals surface area (Å²) in [4.78, 5) is 14.0. The van der Waals surface area contributed by atoms with Gasteiger partial charge in [0.25, 0.3) is 5.91 Å². The standard InChI is InChI=1S/C17H14FN3O/c1-21(14-5-3-2-4-6-14)17(22)16-11-15(19-20-16)12-7-9-13(18)10-8-12/h2-11H,1H3,(H,19,20). The first kappa shape index (κ1) is 14.0. The van der Waals surface area contributed by atoms with Gasteiger partial charge in [0.15, 0.2) is 0 Å². The van der Waals surface area contributed by atoms with E-state index in [1.807, 2.05) is 30.3 Å². The third-order valence-electron chi connectivity index (χ3n) is 3.40. The summed E-state index contributed by atoms with van der Waals surface area (Å²) in [7, 11) is 1.70. The molecule has 5 heteroatoms. The van der Waals surface area contributed by atoms with Crippen molar-refractivity contribution in [3.63, 3.8) is 0 Å². The van der Waals surface area contributed by atoms with E-state index in [4.69, 9.17) is 0 Å². The second kappa shape index (κ2) is 5.81. The molecular weight excluding hydrogens is 281 g/mol. The summed E-state index contributed by atoms with van der Waals surface area (Å²) in [5.74, 6) is -0.494. The predicted octanol–water partition coefficient (Wildman–Crippen LogP) is 3.49. The highest BCUT2D eigenvalue weighted by atomic mass is 19.1. The smallest absolute Gasteiger partial charge is 0.276 e. The Hall–Kier alpha value is -2.95. The number of halogens is 1. The van der Waals surface area contributed by atoms with E-state index in [1.165, 1.54) is 12.1 Å². The molecule has 0 aliphatic heterocycles. The van der Waals surface area contributed by atoms with E-state index in [0.29, 0.717) is 11.4 Å². The molecule has 22 heavy (non-hydrogen) atoms. The summed E-state index contributed by atoms with van der Waals surface area (Å²) >= 11 is 0. The van der Waals surface area contributed by atoms with Crippen LogP contribution in [-0.2, 0) is 0 Å². The molecule has 4 nitrogen and oxygen atoms in total. The molecule has 0 radical (unpaired) electrons. The molecule has 0 aliphatic rings. The summed E-state index contributed by atoms with van der Waals surface area (Å²) in [6.07, 6.45) is 0. The lowest BCUT2D eigenvalue weighted by Gasteiger charge is -2.15. The molecule has 1 N–H and O–H groups in total. The average Bonchev–Trinajstić information content (AvgIpc) is 3.05. The summed E-state index contributed by atoms with van der Waals surface area (Å²) < 4.78 is 12.9. The lowest BCUT2D eigenvalue weighted by molar-refractivity contribution is 0.0988. The third-order valence-corrected chi connectivity index (χ3v) is 3.40. The largest absolute Gasteiger partial charge is 0.310 e. The van der Waals surface area contributed by atoms with Gasteiger partial charge in [-0.2, -0.15) is 5.10 Å². The lowest BCUT2D eigenvalue weighted by atomic mass is 10.1. The number of hydrogen-bond donors (Lipinski definition) is 1. The first-order chi connectivity index (χ1) is 10.6. The number of para-hydroxylation sites is 1. The number of carbonyl (C=O) groups is 1. The molecule has 2 aromatic carbocycles. The fourth-order valence-electron chi connectivity index (χ4n) is 2.15. The first-order valence-corrected chi connectivity index (χ1v) is 6.79. The maximum absolute atomic E-state index is 12.9. The van der Waals surface area contributed by atoms with E-state index in [-0.39, 0.29) is 11.7 Å². The molecule has 0 fully saturated rings. The van der Waals surface area contributed by atoms with Crippen LogP contribution in [0, 0.1) is 5.82 Å². The maximum Gasteiger partial charge on any atom is 0.276 e. The molecule has 0 saturated carbocycles. The van der Waals surface area contributed by atoms with Crippen molar-refractivity contribution in [2.75, 3.05) is 11.9 Å². The van der Waals surface area contributed by atoms with Crippen LogP contribution in [0.5, 0.6) is 0 Å². The van der Waals surface area contributed by atoms with Crippen LogP contribution >= 0.6 is 0 Å². The Morgan fingerprint density at radius 2 is 1.77 bits per heavy atom. The highest BCUT2D eigenvalue weighted by molar-refractivity contribution is 6.04. The topological polar surface area (TPSA) is 49.0 Å². The number of carbonyl (C=O) groups excluding carboxylic acids is 1. The normalized spacial score (nSPS) is 10.5. The van der Waals surface area contributed by atoms with Gasteiger partial charge in [-0.3, -0.25) is 9.89 Å². The molecular formula is C17H14FN3O. The number of rotatable bonds is 3.